The first kappa shape index (κ1) is 20.3. The summed E-state index contributed by atoms with van der Waals surface area (Å²) in [5.74, 6) is -0.911. The second-order valence-electron chi connectivity index (χ2n) is 7.79. The summed E-state index contributed by atoms with van der Waals surface area (Å²) in [5, 5.41) is 12.0. The smallest absolute Gasteiger partial charge is 0.410 e. The van der Waals surface area contributed by atoms with Crippen molar-refractivity contribution in [1.82, 2.24) is 5.32 Å². The van der Waals surface area contributed by atoms with Crippen LogP contribution in [0, 0.1) is 23.2 Å². The number of esters is 1. The molecule has 0 saturated heterocycles. The van der Waals surface area contributed by atoms with Crippen LogP contribution in [-0.4, -0.2) is 36.0 Å². The number of carbonyl (C=O) groups is 3. The number of aliphatic carboxylic acids is 1. The predicted molar refractivity (Wildman–Crippen MR) is 94.1 cm³/mol. The van der Waals surface area contributed by atoms with Crippen molar-refractivity contribution in [3.63, 3.8) is 0 Å². The first-order valence-corrected chi connectivity index (χ1v) is 9.20. The summed E-state index contributed by atoms with van der Waals surface area (Å²) < 4.78 is 10.2. The molecule has 2 aliphatic rings. The summed E-state index contributed by atoms with van der Waals surface area (Å²) in [4.78, 5) is 34.6. The van der Waals surface area contributed by atoms with E-state index in [1.807, 2.05) is 0 Å². The molecular weight excluding hydrogens is 338 g/mol. The van der Waals surface area contributed by atoms with Gasteiger partial charge in [0.1, 0.15) is 0 Å². The molecule has 1 fully saturated rings. The van der Waals surface area contributed by atoms with Crippen molar-refractivity contribution >= 4 is 18.0 Å². The highest BCUT2D eigenvalue weighted by atomic mass is 16.7. The number of hydrogen-bond acceptors (Lipinski definition) is 5. The van der Waals surface area contributed by atoms with Crippen LogP contribution < -0.4 is 5.32 Å². The fourth-order valence-corrected chi connectivity index (χ4v) is 4.16. The van der Waals surface area contributed by atoms with Crippen LogP contribution in [0.2, 0.25) is 0 Å². The standard InChI is InChI=1S/C19H29NO6/c1-5-13-6-14-8-19(9-16(22)23,15(14)7-13)10-20-18(24)26-17(11(2)3)25-12(4)21/h7,11,14-15,17H,5-6,8-10H2,1-4H3,(H,20,24)(H,22,23)/t14-,15-,17+,19-/m0/s1. The minimum Gasteiger partial charge on any atom is -0.481 e. The van der Waals surface area contributed by atoms with E-state index in [0.717, 1.165) is 19.3 Å². The fourth-order valence-electron chi connectivity index (χ4n) is 4.16. The quantitative estimate of drug-likeness (QED) is 0.388. The normalized spacial score (nSPS) is 27.8. The van der Waals surface area contributed by atoms with Gasteiger partial charge >= 0.3 is 18.0 Å². The Bertz CT molecular complexity index is 599. The van der Waals surface area contributed by atoms with Gasteiger partial charge in [0, 0.05) is 24.8 Å². The third-order valence-electron chi connectivity index (χ3n) is 5.42. The minimum atomic E-state index is -0.963. The Labute approximate surface area is 154 Å². The lowest BCUT2D eigenvalue weighted by molar-refractivity contribution is -0.172. The Morgan fingerprint density at radius 2 is 2.04 bits per heavy atom. The van der Waals surface area contributed by atoms with Crippen LogP contribution in [-0.2, 0) is 19.1 Å². The average molecular weight is 367 g/mol. The second-order valence-corrected chi connectivity index (χ2v) is 7.79. The molecule has 1 amide bonds. The molecule has 0 unspecified atom stereocenters. The molecule has 0 radical (unpaired) electrons. The molecule has 2 rings (SSSR count). The molecule has 26 heavy (non-hydrogen) atoms. The van der Waals surface area contributed by atoms with Gasteiger partial charge in [-0.25, -0.2) is 4.79 Å². The van der Waals surface area contributed by atoms with Gasteiger partial charge in [-0.05, 0) is 31.1 Å². The van der Waals surface area contributed by atoms with Crippen LogP contribution >= 0.6 is 0 Å². The van der Waals surface area contributed by atoms with E-state index in [0.29, 0.717) is 5.92 Å². The molecule has 0 heterocycles. The molecule has 0 aromatic carbocycles. The number of carbonyl (C=O) groups excluding carboxylic acids is 2. The Morgan fingerprint density at radius 3 is 2.58 bits per heavy atom. The van der Waals surface area contributed by atoms with Gasteiger partial charge in [-0.15, -0.1) is 0 Å². The molecule has 0 spiro atoms. The van der Waals surface area contributed by atoms with Crippen LogP contribution in [0.15, 0.2) is 11.6 Å². The zero-order chi connectivity index (χ0) is 19.5. The molecule has 7 nitrogen and oxygen atoms in total. The van der Waals surface area contributed by atoms with Gasteiger partial charge in [0.25, 0.3) is 6.29 Å². The number of amides is 1. The summed E-state index contributed by atoms with van der Waals surface area (Å²) in [7, 11) is 0. The van der Waals surface area contributed by atoms with Crippen molar-refractivity contribution in [2.75, 3.05) is 6.54 Å². The lowest BCUT2D eigenvalue weighted by Crippen LogP contribution is -2.53. The SMILES string of the molecule is CCC1=C[C@H]2[C@@H](C1)C[C@@]2(CNC(=O)O[C@@H](OC(C)=O)C(C)C)CC(=O)O. The third kappa shape index (κ3) is 4.56. The zero-order valence-corrected chi connectivity index (χ0v) is 15.9. The Hall–Kier alpha value is -2.05. The first-order valence-electron chi connectivity index (χ1n) is 9.20. The highest BCUT2D eigenvalue weighted by molar-refractivity contribution is 5.70. The molecule has 4 atom stereocenters. The van der Waals surface area contributed by atoms with E-state index in [1.54, 1.807) is 13.8 Å². The Morgan fingerprint density at radius 1 is 1.35 bits per heavy atom. The van der Waals surface area contributed by atoms with E-state index in [9.17, 15) is 19.5 Å². The number of ether oxygens (including phenoxy) is 2. The van der Waals surface area contributed by atoms with Crippen molar-refractivity contribution in [3.8, 4) is 0 Å². The number of carboxylic acids is 1. The molecule has 2 N–H and O–H groups in total. The van der Waals surface area contributed by atoms with Crippen LogP contribution in [0.5, 0.6) is 0 Å². The highest BCUT2D eigenvalue weighted by Gasteiger charge is 2.55. The Kier molecular flexibility index (Phi) is 6.31. The number of alkyl carbamates (subject to hydrolysis) is 1. The van der Waals surface area contributed by atoms with Crippen molar-refractivity contribution in [2.24, 2.45) is 23.2 Å². The Balaban J connectivity index is 1.97. The van der Waals surface area contributed by atoms with Crippen molar-refractivity contribution in [2.45, 2.75) is 59.7 Å². The maximum Gasteiger partial charge on any atom is 0.410 e. The molecule has 7 heteroatoms. The monoisotopic (exact) mass is 367 g/mol. The average Bonchev–Trinajstić information content (AvgIpc) is 2.88. The lowest BCUT2D eigenvalue weighted by Gasteiger charge is -2.51. The van der Waals surface area contributed by atoms with Gasteiger partial charge in [-0.3, -0.25) is 9.59 Å². The number of hydrogen-bond donors (Lipinski definition) is 2. The largest absolute Gasteiger partial charge is 0.481 e. The maximum atomic E-state index is 12.1. The van der Waals surface area contributed by atoms with Crippen LogP contribution in [0.1, 0.15) is 53.4 Å². The van der Waals surface area contributed by atoms with E-state index in [4.69, 9.17) is 9.47 Å². The second kappa shape index (κ2) is 8.10. The van der Waals surface area contributed by atoms with Gasteiger partial charge in [0.2, 0.25) is 0 Å². The third-order valence-corrected chi connectivity index (χ3v) is 5.42. The van der Waals surface area contributed by atoms with E-state index < -0.39 is 29.7 Å². The maximum absolute atomic E-state index is 12.1. The summed E-state index contributed by atoms with van der Waals surface area (Å²) in [6.07, 6.45) is 3.33. The van der Waals surface area contributed by atoms with Crippen molar-refractivity contribution in [1.29, 1.82) is 0 Å². The van der Waals surface area contributed by atoms with Crippen LogP contribution in [0.3, 0.4) is 0 Å². The van der Waals surface area contributed by atoms with Gasteiger partial charge in [-0.1, -0.05) is 32.4 Å². The summed E-state index contributed by atoms with van der Waals surface area (Å²) >= 11 is 0. The lowest BCUT2D eigenvalue weighted by atomic mass is 9.53. The van der Waals surface area contributed by atoms with Crippen molar-refractivity contribution in [3.05, 3.63) is 11.6 Å². The van der Waals surface area contributed by atoms with E-state index in [-0.39, 0.29) is 24.8 Å². The minimum absolute atomic E-state index is 0.0134. The van der Waals surface area contributed by atoms with Crippen molar-refractivity contribution < 1.29 is 29.0 Å². The molecule has 0 aromatic rings. The van der Waals surface area contributed by atoms with Crippen LogP contribution in [0.25, 0.3) is 0 Å². The predicted octanol–water partition coefficient (Wildman–Crippen LogP) is 3.10. The molecule has 0 aliphatic heterocycles. The van der Waals surface area contributed by atoms with E-state index in [1.165, 1.54) is 12.5 Å². The van der Waals surface area contributed by atoms with Crippen LogP contribution in [0.4, 0.5) is 4.79 Å². The van der Waals surface area contributed by atoms with E-state index in [2.05, 4.69) is 18.3 Å². The summed E-state index contributed by atoms with van der Waals surface area (Å²) in [6.45, 7) is 7.15. The number of rotatable bonds is 8. The van der Waals surface area contributed by atoms with Gasteiger partial charge in [-0.2, -0.15) is 0 Å². The van der Waals surface area contributed by atoms with Gasteiger partial charge in [0.05, 0.1) is 6.42 Å². The molecular formula is C19H29NO6. The summed E-state index contributed by atoms with van der Waals surface area (Å²) in [6, 6.07) is 0. The van der Waals surface area contributed by atoms with Gasteiger partial charge in [0.15, 0.2) is 0 Å². The number of fused-ring (bicyclic) bond motifs is 1. The zero-order valence-electron chi connectivity index (χ0n) is 15.9. The number of allylic oxidation sites excluding steroid dienone is 2. The highest BCUT2D eigenvalue weighted by Crippen LogP contribution is 2.59. The molecule has 2 aliphatic carbocycles. The number of nitrogens with one attached hydrogen (secondary N) is 1. The van der Waals surface area contributed by atoms with E-state index >= 15 is 0 Å². The summed E-state index contributed by atoms with van der Waals surface area (Å²) in [5.41, 5.74) is 0.894. The molecule has 1 saturated carbocycles. The molecule has 0 aromatic heterocycles. The fraction of sp³-hybridized carbons (Fsp3) is 0.737. The molecule has 146 valence electrons. The first-order chi connectivity index (χ1) is 12.2. The molecule has 0 bridgehead atoms. The van der Waals surface area contributed by atoms with Gasteiger partial charge < -0.3 is 19.9 Å². The number of carboxylic acid groups (broad SMARTS) is 1. The topological polar surface area (TPSA) is 102 Å².